The van der Waals surface area contributed by atoms with Gasteiger partial charge in [0.1, 0.15) is 5.69 Å². The van der Waals surface area contributed by atoms with Crippen LogP contribution in [0.25, 0.3) is 16.9 Å². The van der Waals surface area contributed by atoms with Gasteiger partial charge in [-0.2, -0.15) is 10.2 Å². The van der Waals surface area contributed by atoms with Crippen LogP contribution in [0.4, 0.5) is 0 Å². The van der Waals surface area contributed by atoms with Gasteiger partial charge in [0.05, 0.1) is 11.9 Å². The Bertz CT molecular complexity index is 877. The van der Waals surface area contributed by atoms with Crippen LogP contribution in [0.15, 0.2) is 75.5 Å². The Balaban J connectivity index is 2.07. The van der Waals surface area contributed by atoms with Crippen molar-refractivity contribution >= 4 is 28.1 Å². The highest BCUT2D eigenvalue weighted by atomic mass is 79.9. The molecule has 3 rings (SSSR count). The van der Waals surface area contributed by atoms with Crippen molar-refractivity contribution in [3.8, 4) is 16.9 Å². The molecule has 120 valence electrons. The van der Waals surface area contributed by atoms with Crippen LogP contribution in [0.1, 0.15) is 5.56 Å². The van der Waals surface area contributed by atoms with Crippen LogP contribution in [-0.2, 0) is 0 Å². The van der Waals surface area contributed by atoms with Gasteiger partial charge in [-0.15, -0.1) is 5.10 Å². The second-order valence-electron chi connectivity index (χ2n) is 4.99. The molecule has 1 heterocycles. The molecule has 0 spiro atoms. The summed E-state index contributed by atoms with van der Waals surface area (Å²) in [4.78, 5) is 0. The number of hydrogen-bond donors (Lipinski definition) is 2. The maximum Gasteiger partial charge on any atom is 0.211 e. The molecule has 1 aromatic heterocycles. The van der Waals surface area contributed by atoms with E-state index in [2.05, 4.69) is 31.2 Å². The summed E-state index contributed by atoms with van der Waals surface area (Å²) in [5, 5.41) is 12.2. The molecule has 24 heavy (non-hydrogen) atoms. The highest BCUT2D eigenvalue weighted by molar-refractivity contribution is 9.10. The Hall–Kier alpha value is -2.93. The van der Waals surface area contributed by atoms with Gasteiger partial charge in [-0.05, 0) is 24.3 Å². The molecule has 3 aromatic rings. The molecule has 0 amide bonds. The predicted molar refractivity (Wildman–Crippen MR) is 100 cm³/mol. The molecule has 0 aliphatic rings. The van der Waals surface area contributed by atoms with Gasteiger partial charge in [-0.1, -0.05) is 46.3 Å². The Kier molecular flexibility index (Phi) is 4.72. The number of hydrogen-bond acceptors (Lipinski definition) is 3. The molecule has 4 N–H and O–H groups in total. The molecule has 6 nitrogen and oxygen atoms in total. The summed E-state index contributed by atoms with van der Waals surface area (Å²) in [6, 6.07) is 17.8. The van der Waals surface area contributed by atoms with Crippen molar-refractivity contribution in [1.82, 2.24) is 9.78 Å². The smallest absolute Gasteiger partial charge is 0.211 e. The van der Waals surface area contributed by atoms with Crippen molar-refractivity contribution in [2.75, 3.05) is 0 Å². The van der Waals surface area contributed by atoms with Crippen LogP contribution in [0.3, 0.4) is 0 Å². The van der Waals surface area contributed by atoms with Crippen molar-refractivity contribution in [2.24, 2.45) is 21.7 Å². The SMILES string of the molecule is NC(N)=N/N=C/c1cn(-c2ccccc2)nc1-c1ccc(Br)cc1. The summed E-state index contributed by atoms with van der Waals surface area (Å²) in [6.45, 7) is 0. The lowest BCUT2D eigenvalue weighted by Crippen LogP contribution is -2.21. The highest BCUT2D eigenvalue weighted by Gasteiger charge is 2.11. The number of para-hydroxylation sites is 1. The van der Waals surface area contributed by atoms with E-state index in [-0.39, 0.29) is 5.96 Å². The van der Waals surface area contributed by atoms with E-state index < -0.39 is 0 Å². The van der Waals surface area contributed by atoms with Gasteiger partial charge in [0.15, 0.2) is 0 Å². The molecular formula is C17H15BrN6. The fourth-order valence-electron chi connectivity index (χ4n) is 2.18. The molecule has 0 saturated heterocycles. The fourth-order valence-corrected chi connectivity index (χ4v) is 2.45. The lowest BCUT2D eigenvalue weighted by Gasteiger charge is -2.00. The average Bonchev–Trinajstić information content (AvgIpc) is 3.00. The molecule has 7 heteroatoms. The number of nitrogens with two attached hydrogens (primary N) is 2. The van der Waals surface area contributed by atoms with Crippen LogP contribution >= 0.6 is 15.9 Å². The minimum Gasteiger partial charge on any atom is -0.369 e. The van der Waals surface area contributed by atoms with Gasteiger partial charge in [-0.3, -0.25) is 0 Å². The number of rotatable bonds is 4. The van der Waals surface area contributed by atoms with Crippen molar-refractivity contribution in [3.63, 3.8) is 0 Å². The van der Waals surface area contributed by atoms with Crippen LogP contribution in [0.5, 0.6) is 0 Å². The van der Waals surface area contributed by atoms with Crippen molar-refractivity contribution in [1.29, 1.82) is 0 Å². The van der Waals surface area contributed by atoms with Gasteiger partial charge in [0, 0.05) is 21.8 Å². The summed E-state index contributed by atoms with van der Waals surface area (Å²) in [6.07, 6.45) is 3.47. The minimum atomic E-state index is -0.0908. The number of nitrogens with zero attached hydrogens (tertiary/aromatic N) is 4. The first-order valence-electron chi connectivity index (χ1n) is 7.16. The van der Waals surface area contributed by atoms with Gasteiger partial charge >= 0.3 is 0 Å². The quantitative estimate of drug-likeness (QED) is 0.412. The van der Waals surface area contributed by atoms with E-state index in [4.69, 9.17) is 11.5 Å². The molecule has 2 aromatic carbocycles. The standard InChI is InChI=1S/C17H15BrN6/c18-14-8-6-12(7-9-14)16-13(10-21-22-17(19)20)11-24(23-16)15-4-2-1-3-5-15/h1-11H,(H4,19,20,22)/b21-10+. The number of halogens is 1. The Morgan fingerprint density at radius 1 is 1.04 bits per heavy atom. The number of guanidine groups is 1. The molecule has 0 atom stereocenters. The van der Waals surface area contributed by atoms with E-state index in [1.54, 1.807) is 10.9 Å². The second kappa shape index (κ2) is 7.10. The first-order valence-corrected chi connectivity index (χ1v) is 7.96. The summed E-state index contributed by atoms with van der Waals surface area (Å²) in [7, 11) is 0. The summed E-state index contributed by atoms with van der Waals surface area (Å²) in [5.74, 6) is -0.0908. The largest absolute Gasteiger partial charge is 0.369 e. The topological polar surface area (TPSA) is 94.6 Å². The van der Waals surface area contributed by atoms with E-state index in [9.17, 15) is 0 Å². The molecule has 0 aliphatic carbocycles. The van der Waals surface area contributed by atoms with E-state index in [1.807, 2.05) is 60.8 Å². The zero-order chi connectivity index (χ0) is 16.9. The van der Waals surface area contributed by atoms with Gasteiger partial charge < -0.3 is 11.5 Å². The Morgan fingerprint density at radius 2 is 1.75 bits per heavy atom. The van der Waals surface area contributed by atoms with E-state index in [1.165, 1.54) is 0 Å². The highest BCUT2D eigenvalue weighted by Crippen LogP contribution is 2.24. The molecule has 0 fully saturated rings. The van der Waals surface area contributed by atoms with Crippen molar-refractivity contribution in [2.45, 2.75) is 0 Å². The maximum atomic E-state index is 5.31. The van der Waals surface area contributed by atoms with Crippen LogP contribution < -0.4 is 11.5 Å². The van der Waals surface area contributed by atoms with Crippen molar-refractivity contribution < 1.29 is 0 Å². The van der Waals surface area contributed by atoms with E-state index in [0.29, 0.717) is 0 Å². The fraction of sp³-hybridized carbons (Fsp3) is 0. The van der Waals surface area contributed by atoms with Crippen LogP contribution in [-0.4, -0.2) is 22.0 Å². The number of benzene rings is 2. The third-order valence-electron chi connectivity index (χ3n) is 3.25. The average molecular weight is 383 g/mol. The van der Waals surface area contributed by atoms with Crippen LogP contribution in [0, 0.1) is 0 Å². The third-order valence-corrected chi connectivity index (χ3v) is 3.78. The summed E-state index contributed by atoms with van der Waals surface area (Å²) < 4.78 is 2.80. The van der Waals surface area contributed by atoms with Crippen molar-refractivity contribution in [3.05, 3.63) is 70.8 Å². The van der Waals surface area contributed by atoms with E-state index in [0.717, 1.165) is 27.0 Å². The Labute approximate surface area is 147 Å². The first kappa shape index (κ1) is 15.9. The lowest BCUT2D eigenvalue weighted by molar-refractivity contribution is 0.884. The summed E-state index contributed by atoms with van der Waals surface area (Å²) in [5.41, 5.74) is 14.1. The zero-order valence-electron chi connectivity index (χ0n) is 12.7. The van der Waals surface area contributed by atoms with Gasteiger partial charge in [0.2, 0.25) is 5.96 Å². The normalized spacial score (nSPS) is 10.9. The minimum absolute atomic E-state index is 0.0908. The lowest BCUT2D eigenvalue weighted by atomic mass is 10.1. The molecule has 0 bridgehead atoms. The number of aromatic nitrogens is 2. The molecular weight excluding hydrogens is 368 g/mol. The molecule has 0 radical (unpaired) electrons. The van der Waals surface area contributed by atoms with Gasteiger partial charge in [-0.25, -0.2) is 4.68 Å². The molecule has 0 saturated carbocycles. The molecule has 0 unspecified atom stereocenters. The van der Waals surface area contributed by atoms with Gasteiger partial charge in [0.25, 0.3) is 0 Å². The van der Waals surface area contributed by atoms with E-state index >= 15 is 0 Å². The second-order valence-corrected chi connectivity index (χ2v) is 5.91. The zero-order valence-corrected chi connectivity index (χ0v) is 14.3. The summed E-state index contributed by atoms with van der Waals surface area (Å²) >= 11 is 3.44. The monoisotopic (exact) mass is 382 g/mol. The third kappa shape index (κ3) is 3.69. The first-order chi connectivity index (χ1) is 11.6. The maximum absolute atomic E-state index is 5.31. The Morgan fingerprint density at radius 3 is 2.42 bits per heavy atom. The van der Waals surface area contributed by atoms with Crippen LogP contribution in [0.2, 0.25) is 0 Å². The molecule has 0 aliphatic heterocycles. The predicted octanol–water partition coefficient (Wildman–Crippen LogP) is 2.91.